The van der Waals surface area contributed by atoms with Gasteiger partial charge in [0.2, 0.25) is 34.5 Å². The van der Waals surface area contributed by atoms with Crippen molar-refractivity contribution in [3.05, 3.63) is 0 Å². The second-order valence-corrected chi connectivity index (χ2v) is 2.09. The van der Waals surface area contributed by atoms with E-state index in [1.54, 1.807) is 0 Å². The van der Waals surface area contributed by atoms with Crippen molar-refractivity contribution in [2.75, 3.05) is 0 Å². The summed E-state index contributed by atoms with van der Waals surface area (Å²) < 4.78 is 0. The molecule has 1 rings (SSSR count). The molecule has 0 bridgehead atoms. The minimum atomic E-state index is -1.09. The third-order valence-electron chi connectivity index (χ3n) is 1.35. The normalized spacial score (nSPS) is 9.23. The SMILES string of the molecule is Oc1c(O)c(O)c(O)c(O)c1O.[Na]. The number of phenolic OH excluding ortho intramolecular Hbond substituents is 6. The van der Waals surface area contributed by atoms with E-state index in [1.165, 1.54) is 0 Å². The van der Waals surface area contributed by atoms with Crippen LogP contribution in [0.4, 0.5) is 0 Å². The zero-order chi connectivity index (χ0) is 9.46. The molecule has 0 aliphatic heterocycles. The van der Waals surface area contributed by atoms with E-state index < -0.39 is 34.5 Å². The molecule has 1 radical (unpaired) electrons. The molecule has 0 aliphatic rings. The second kappa shape index (κ2) is 3.82. The zero-order valence-corrected chi connectivity index (χ0v) is 8.68. The summed E-state index contributed by atoms with van der Waals surface area (Å²) in [7, 11) is 0. The Balaban J connectivity index is 0.00000144. The zero-order valence-electron chi connectivity index (χ0n) is 6.68. The summed E-state index contributed by atoms with van der Waals surface area (Å²) in [4.78, 5) is 0. The molecule has 7 heteroatoms. The average Bonchev–Trinajstić information content (AvgIpc) is 2.08. The molecule has 6 N–H and O–H groups in total. The topological polar surface area (TPSA) is 121 Å². The second-order valence-electron chi connectivity index (χ2n) is 2.09. The molecule has 0 aromatic heterocycles. The van der Waals surface area contributed by atoms with Gasteiger partial charge in [-0.15, -0.1) is 0 Å². The molecule has 6 nitrogen and oxygen atoms in total. The Labute approximate surface area is 94.6 Å². The Hall–Kier alpha value is -0.980. The molecule has 67 valence electrons. The standard InChI is InChI=1S/C6H6O6.Na/c7-1-2(8)4(10)6(12)5(11)3(1)9;/h7-12H;. The summed E-state index contributed by atoms with van der Waals surface area (Å²) in [5.41, 5.74) is 0. The van der Waals surface area contributed by atoms with Crippen LogP contribution in [0.25, 0.3) is 0 Å². The van der Waals surface area contributed by atoms with E-state index in [1.807, 2.05) is 0 Å². The molecule has 1 aromatic carbocycles. The summed E-state index contributed by atoms with van der Waals surface area (Å²) in [5.74, 6) is -6.57. The van der Waals surface area contributed by atoms with Crippen LogP contribution in [0.3, 0.4) is 0 Å². The van der Waals surface area contributed by atoms with E-state index in [-0.39, 0.29) is 29.6 Å². The van der Waals surface area contributed by atoms with Crippen molar-refractivity contribution in [2.24, 2.45) is 0 Å². The van der Waals surface area contributed by atoms with Crippen molar-refractivity contribution in [1.29, 1.82) is 0 Å². The van der Waals surface area contributed by atoms with Gasteiger partial charge in [-0.2, -0.15) is 0 Å². The number of hydrogen-bond donors (Lipinski definition) is 6. The van der Waals surface area contributed by atoms with Gasteiger partial charge in [0.05, 0.1) is 0 Å². The summed E-state index contributed by atoms with van der Waals surface area (Å²) in [5, 5.41) is 52.6. The summed E-state index contributed by atoms with van der Waals surface area (Å²) in [6.07, 6.45) is 0. The van der Waals surface area contributed by atoms with E-state index >= 15 is 0 Å². The van der Waals surface area contributed by atoms with Gasteiger partial charge in [-0.3, -0.25) is 0 Å². The van der Waals surface area contributed by atoms with Gasteiger partial charge < -0.3 is 30.6 Å². The molecule has 0 unspecified atom stereocenters. The molecule has 0 saturated carbocycles. The van der Waals surface area contributed by atoms with Crippen LogP contribution in [0.1, 0.15) is 0 Å². The smallest absolute Gasteiger partial charge is 0.208 e. The summed E-state index contributed by atoms with van der Waals surface area (Å²) in [6, 6.07) is 0. The molecule has 0 heterocycles. The van der Waals surface area contributed by atoms with Crippen molar-refractivity contribution >= 4 is 29.6 Å². The van der Waals surface area contributed by atoms with E-state index in [9.17, 15) is 0 Å². The fourth-order valence-corrected chi connectivity index (χ4v) is 0.673. The molecule has 1 aromatic rings. The van der Waals surface area contributed by atoms with Crippen LogP contribution >= 0.6 is 0 Å². The Kier molecular flexibility index (Phi) is 3.53. The number of aromatic hydroxyl groups is 6. The van der Waals surface area contributed by atoms with Gasteiger partial charge in [0.1, 0.15) is 0 Å². The maximum Gasteiger partial charge on any atom is 0.208 e. The fourth-order valence-electron chi connectivity index (χ4n) is 0.673. The third kappa shape index (κ3) is 1.69. The first-order valence-electron chi connectivity index (χ1n) is 2.84. The first-order valence-corrected chi connectivity index (χ1v) is 2.84. The van der Waals surface area contributed by atoms with Gasteiger partial charge in [0.15, 0.2) is 0 Å². The molecule has 0 fully saturated rings. The van der Waals surface area contributed by atoms with E-state index in [0.29, 0.717) is 0 Å². The number of hydrogen-bond acceptors (Lipinski definition) is 6. The summed E-state index contributed by atoms with van der Waals surface area (Å²) >= 11 is 0. The molecule has 13 heavy (non-hydrogen) atoms. The van der Waals surface area contributed by atoms with Crippen LogP contribution in [-0.4, -0.2) is 60.2 Å². The monoisotopic (exact) mass is 197 g/mol. The van der Waals surface area contributed by atoms with Gasteiger partial charge in [-0.1, -0.05) is 0 Å². The van der Waals surface area contributed by atoms with Crippen molar-refractivity contribution in [2.45, 2.75) is 0 Å². The first kappa shape index (κ1) is 12.0. The van der Waals surface area contributed by atoms with E-state index in [4.69, 9.17) is 30.6 Å². The number of rotatable bonds is 0. The van der Waals surface area contributed by atoms with Crippen LogP contribution in [0.5, 0.6) is 34.5 Å². The molecular weight excluding hydrogens is 191 g/mol. The van der Waals surface area contributed by atoms with Gasteiger partial charge in [0.25, 0.3) is 0 Å². The van der Waals surface area contributed by atoms with Crippen molar-refractivity contribution in [1.82, 2.24) is 0 Å². The predicted molar refractivity (Wildman–Crippen MR) is 42.2 cm³/mol. The van der Waals surface area contributed by atoms with Crippen LogP contribution < -0.4 is 0 Å². The molecule has 0 saturated heterocycles. The van der Waals surface area contributed by atoms with Gasteiger partial charge >= 0.3 is 0 Å². The largest absolute Gasteiger partial charge is 0.502 e. The van der Waals surface area contributed by atoms with E-state index in [2.05, 4.69) is 0 Å². The third-order valence-corrected chi connectivity index (χ3v) is 1.35. The van der Waals surface area contributed by atoms with Gasteiger partial charge in [-0.05, 0) is 0 Å². The van der Waals surface area contributed by atoms with Crippen LogP contribution in [0, 0.1) is 0 Å². The van der Waals surface area contributed by atoms with Crippen LogP contribution in [-0.2, 0) is 0 Å². The van der Waals surface area contributed by atoms with Gasteiger partial charge in [0, 0.05) is 29.6 Å². The fraction of sp³-hybridized carbons (Fsp3) is 0. The maximum atomic E-state index is 8.76. The van der Waals surface area contributed by atoms with E-state index in [0.717, 1.165) is 0 Å². The number of benzene rings is 1. The minimum Gasteiger partial charge on any atom is -0.502 e. The quantitative estimate of drug-likeness (QED) is 0.190. The molecule has 0 aliphatic carbocycles. The number of phenols is 6. The maximum absolute atomic E-state index is 8.76. The molecule has 0 amide bonds. The van der Waals surface area contributed by atoms with Gasteiger partial charge in [-0.25, -0.2) is 0 Å². The first-order chi connectivity index (χ1) is 5.46. The Morgan fingerprint density at radius 1 is 0.385 bits per heavy atom. The minimum absolute atomic E-state index is 0. The average molecular weight is 197 g/mol. The van der Waals surface area contributed by atoms with Crippen LogP contribution in [0.15, 0.2) is 0 Å². The van der Waals surface area contributed by atoms with Crippen molar-refractivity contribution in [3.8, 4) is 34.5 Å². The Morgan fingerprint density at radius 2 is 0.462 bits per heavy atom. The Bertz CT molecular complexity index is 231. The predicted octanol–water partition coefficient (Wildman–Crippen LogP) is -0.461. The Morgan fingerprint density at radius 3 is 0.538 bits per heavy atom. The van der Waals surface area contributed by atoms with Crippen LogP contribution in [0.2, 0.25) is 0 Å². The molecule has 0 atom stereocenters. The van der Waals surface area contributed by atoms with Crippen molar-refractivity contribution in [3.63, 3.8) is 0 Å². The molecular formula is C6H6NaO6. The summed E-state index contributed by atoms with van der Waals surface area (Å²) in [6.45, 7) is 0. The molecule has 0 spiro atoms. The van der Waals surface area contributed by atoms with Crippen molar-refractivity contribution < 1.29 is 30.6 Å².